The van der Waals surface area contributed by atoms with Gasteiger partial charge in [0.15, 0.2) is 6.10 Å². The predicted octanol–water partition coefficient (Wildman–Crippen LogP) is 1.66. The van der Waals surface area contributed by atoms with Gasteiger partial charge in [0.05, 0.1) is 18.0 Å². The number of nitrogens with one attached hydrogen (secondary N) is 4. The number of amides is 6. The van der Waals surface area contributed by atoms with Gasteiger partial charge >= 0.3 is 12.2 Å². The highest BCUT2D eigenvalue weighted by Gasteiger charge is 2.41. The van der Waals surface area contributed by atoms with Crippen molar-refractivity contribution < 1.29 is 43.3 Å². The lowest BCUT2D eigenvalue weighted by Crippen LogP contribution is -2.60. The Morgan fingerprint density at radius 2 is 1.51 bits per heavy atom. The molecule has 0 saturated carbocycles. The summed E-state index contributed by atoms with van der Waals surface area (Å²) in [6, 6.07) is 14.0. The normalized spacial score (nSPS) is 16.2. The number of rotatable bonds is 15. The van der Waals surface area contributed by atoms with Crippen molar-refractivity contribution in [2.24, 2.45) is 5.73 Å². The van der Waals surface area contributed by atoms with Crippen molar-refractivity contribution in [2.45, 2.75) is 102 Å². The molecule has 1 aliphatic heterocycles. The van der Waals surface area contributed by atoms with E-state index in [2.05, 4.69) is 21.3 Å². The Morgan fingerprint density at radius 1 is 0.902 bits per heavy atom. The Hall–Kier alpha value is -5.18. The number of likely N-dealkylation sites (tertiary alicyclic amines) is 1. The van der Waals surface area contributed by atoms with E-state index in [1.807, 2.05) is 0 Å². The average Bonchev–Trinajstić information content (AvgIpc) is 3.55. The highest BCUT2D eigenvalue weighted by atomic mass is 16.6. The van der Waals surface area contributed by atoms with Crippen LogP contribution in [0.1, 0.15) is 65.0 Å². The molecule has 0 aromatic heterocycles. The Balaban J connectivity index is 1.72. The van der Waals surface area contributed by atoms with E-state index < -0.39 is 77.6 Å². The third kappa shape index (κ3) is 13.6. The number of aliphatic hydroxyl groups is 1. The third-order valence-electron chi connectivity index (χ3n) is 7.86. The number of hydrogen-bond donors (Lipinski definition) is 6. The quantitative estimate of drug-likeness (QED) is 0.158. The zero-order chi connectivity index (χ0) is 37.8. The second-order valence-corrected chi connectivity index (χ2v) is 14.1. The molecule has 0 bridgehead atoms. The molecule has 2 aromatic rings. The van der Waals surface area contributed by atoms with Crippen LogP contribution in [0.4, 0.5) is 9.59 Å². The molecule has 0 radical (unpaired) electrons. The van der Waals surface area contributed by atoms with Crippen LogP contribution in [0.2, 0.25) is 0 Å². The molecule has 278 valence electrons. The van der Waals surface area contributed by atoms with Crippen molar-refractivity contribution in [1.29, 1.82) is 0 Å². The molecule has 3 rings (SSSR count). The van der Waals surface area contributed by atoms with Gasteiger partial charge in [0.25, 0.3) is 5.91 Å². The van der Waals surface area contributed by atoms with Crippen LogP contribution in [-0.2, 0) is 41.7 Å². The zero-order valence-electron chi connectivity index (χ0n) is 29.8. The molecule has 1 saturated heterocycles. The van der Waals surface area contributed by atoms with Crippen molar-refractivity contribution in [1.82, 2.24) is 26.2 Å². The van der Waals surface area contributed by atoms with Gasteiger partial charge in [0.2, 0.25) is 17.7 Å². The number of alkyl carbamates (subject to hydrolysis) is 2. The van der Waals surface area contributed by atoms with Crippen LogP contribution in [-0.4, -0.2) is 94.3 Å². The molecule has 1 heterocycles. The van der Waals surface area contributed by atoms with Crippen molar-refractivity contribution in [3.05, 3.63) is 71.8 Å². The van der Waals surface area contributed by atoms with Gasteiger partial charge in [-0.25, -0.2) is 9.59 Å². The average molecular weight is 711 g/mol. The van der Waals surface area contributed by atoms with E-state index in [1.165, 1.54) is 4.90 Å². The molecule has 4 atom stereocenters. The second kappa shape index (κ2) is 18.2. The third-order valence-corrected chi connectivity index (χ3v) is 7.86. The first kappa shape index (κ1) is 40.3. The van der Waals surface area contributed by atoms with E-state index in [-0.39, 0.29) is 26.1 Å². The maximum atomic E-state index is 13.8. The lowest BCUT2D eigenvalue weighted by atomic mass is 9.99. The lowest BCUT2D eigenvalue weighted by Gasteiger charge is -2.33. The fourth-order valence-corrected chi connectivity index (χ4v) is 5.42. The molecule has 7 N–H and O–H groups in total. The summed E-state index contributed by atoms with van der Waals surface area (Å²) in [4.78, 5) is 78.7. The summed E-state index contributed by atoms with van der Waals surface area (Å²) in [6.45, 7) is 8.73. The monoisotopic (exact) mass is 710 g/mol. The van der Waals surface area contributed by atoms with E-state index in [4.69, 9.17) is 15.2 Å². The Bertz CT molecular complexity index is 1510. The number of carbonyl (C=O) groups excluding carboxylic acids is 6. The molecule has 51 heavy (non-hydrogen) atoms. The van der Waals surface area contributed by atoms with Crippen LogP contribution in [0.3, 0.4) is 0 Å². The number of nitrogens with two attached hydrogens (primary N) is 1. The van der Waals surface area contributed by atoms with Crippen molar-refractivity contribution in [3.63, 3.8) is 0 Å². The Kier molecular flexibility index (Phi) is 14.3. The SMILES string of the molecule is CC(C)(CNC(=O)OC(C)(C)C)NC(=O)[C@@H]1CCCN1C(=O)[C@@H](O)[C@H](Cc1ccccc1)NC(=O)[C@H](CC(N)=O)NC(=O)OCc1ccccc1. The van der Waals surface area contributed by atoms with Crippen LogP contribution in [0.5, 0.6) is 0 Å². The number of nitrogens with zero attached hydrogens (tertiary/aromatic N) is 1. The Morgan fingerprint density at radius 3 is 2.10 bits per heavy atom. The molecule has 1 fully saturated rings. The number of aliphatic hydroxyl groups excluding tert-OH is 1. The minimum atomic E-state index is -1.82. The maximum Gasteiger partial charge on any atom is 0.408 e. The van der Waals surface area contributed by atoms with E-state index in [9.17, 15) is 33.9 Å². The van der Waals surface area contributed by atoms with Gasteiger partial charge in [-0.05, 0) is 65.0 Å². The first-order valence-electron chi connectivity index (χ1n) is 16.8. The van der Waals surface area contributed by atoms with Crippen LogP contribution in [0, 0.1) is 0 Å². The molecule has 2 aromatic carbocycles. The predicted molar refractivity (Wildman–Crippen MR) is 187 cm³/mol. The van der Waals surface area contributed by atoms with Gasteiger partial charge in [-0.3, -0.25) is 19.2 Å². The molecular weight excluding hydrogens is 660 g/mol. The number of primary amides is 1. The number of ether oxygens (including phenoxy) is 2. The van der Waals surface area contributed by atoms with Crippen molar-refractivity contribution in [3.8, 4) is 0 Å². The van der Waals surface area contributed by atoms with Crippen LogP contribution < -0.4 is 27.0 Å². The summed E-state index contributed by atoms with van der Waals surface area (Å²) in [5, 5.41) is 21.9. The topological polar surface area (TPSA) is 218 Å². The van der Waals surface area contributed by atoms with E-state index in [0.29, 0.717) is 24.0 Å². The Labute approximate surface area is 298 Å². The summed E-state index contributed by atoms with van der Waals surface area (Å²) in [6.07, 6.45) is -3.22. The van der Waals surface area contributed by atoms with Crippen molar-refractivity contribution in [2.75, 3.05) is 13.1 Å². The van der Waals surface area contributed by atoms with Gasteiger partial charge in [-0.2, -0.15) is 0 Å². The van der Waals surface area contributed by atoms with Gasteiger partial charge in [-0.1, -0.05) is 60.7 Å². The van der Waals surface area contributed by atoms with Crippen LogP contribution >= 0.6 is 0 Å². The van der Waals surface area contributed by atoms with E-state index in [1.54, 1.807) is 95.3 Å². The zero-order valence-corrected chi connectivity index (χ0v) is 29.8. The fourth-order valence-electron chi connectivity index (χ4n) is 5.42. The van der Waals surface area contributed by atoms with E-state index >= 15 is 0 Å². The summed E-state index contributed by atoms with van der Waals surface area (Å²) >= 11 is 0. The number of carbonyl (C=O) groups is 6. The molecule has 0 spiro atoms. The first-order valence-corrected chi connectivity index (χ1v) is 16.8. The number of benzene rings is 2. The molecule has 1 aliphatic rings. The standard InChI is InChI=1S/C36H50N6O9/c1-35(2,3)51-33(48)38-22-36(4,5)41-31(46)27-17-12-18-42(27)32(47)29(44)25(19-23-13-8-6-9-14-23)39-30(45)26(20-28(37)43)40-34(49)50-21-24-15-10-7-11-16-24/h6-11,13-16,25-27,29,44H,12,17-22H2,1-5H3,(H2,37,43)(H,38,48)(H,39,45)(H,40,49)(H,41,46)/t25-,26-,27-,29-/m0/s1. The van der Waals surface area contributed by atoms with Gasteiger partial charge in [0, 0.05) is 13.1 Å². The highest BCUT2D eigenvalue weighted by Crippen LogP contribution is 2.21. The summed E-state index contributed by atoms with van der Waals surface area (Å²) in [7, 11) is 0. The minimum Gasteiger partial charge on any atom is -0.445 e. The van der Waals surface area contributed by atoms with Gasteiger partial charge in [-0.15, -0.1) is 0 Å². The van der Waals surface area contributed by atoms with Crippen LogP contribution in [0.15, 0.2) is 60.7 Å². The van der Waals surface area contributed by atoms with Crippen molar-refractivity contribution >= 4 is 35.8 Å². The first-order chi connectivity index (χ1) is 23.9. The fraction of sp³-hybridized carbons (Fsp3) is 0.500. The van der Waals surface area contributed by atoms with Gasteiger partial charge in [0.1, 0.15) is 24.3 Å². The molecular formula is C36H50N6O9. The largest absolute Gasteiger partial charge is 0.445 e. The molecule has 15 heteroatoms. The summed E-state index contributed by atoms with van der Waals surface area (Å²) < 4.78 is 10.5. The van der Waals surface area contributed by atoms with E-state index in [0.717, 1.165) is 0 Å². The summed E-state index contributed by atoms with van der Waals surface area (Å²) in [5.41, 5.74) is 5.13. The lowest BCUT2D eigenvalue weighted by molar-refractivity contribution is -0.147. The molecule has 15 nitrogen and oxygen atoms in total. The molecule has 0 aliphatic carbocycles. The highest BCUT2D eigenvalue weighted by molar-refractivity contribution is 5.93. The smallest absolute Gasteiger partial charge is 0.408 e. The second-order valence-electron chi connectivity index (χ2n) is 14.1. The molecule has 6 amide bonds. The minimum absolute atomic E-state index is 0.00466. The number of hydrogen-bond acceptors (Lipinski definition) is 9. The van der Waals surface area contributed by atoms with Gasteiger partial charge < -0.3 is 46.5 Å². The molecule has 0 unspecified atom stereocenters. The van der Waals surface area contributed by atoms with Crippen LogP contribution in [0.25, 0.3) is 0 Å². The summed E-state index contributed by atoms with van der Waals surface area (Å²) in [5.74, 6) is -3.04. The maximum absolute atomic E-state index is 13.8.